The molecule has 1 aromatic carbocycles. The van der Waals surface area contributed by atoms with Crippen LogP contribution >= 0.6 is 0 Å². The molecule has 1 heterocycles. The number of nitrogens with two attached hydrogens (primary N) is 1. The molecule has 5 nitrogen and oxygen atoms in total. The number of benzene rings is 1. The predicted octanol–water partition coefficient (Wildman–Crippen LogP) is 3.05. The second kappa shape index (κ2) is 7.34. The van der Waals surface area contributed by atoms with Gasteiger partial charge in [0.1, 0.15) is 0 Å². The van der Waals surface area contributed by atoms with Gasteiger partial charge in [-0.25, -0.2) is 0 Å². The minimum absolute atomic E-state index is 0.0236. The molecule has 0 atom stereocenters. The summed E-state index contributed by atoms with van der Waals surface area (Å²) in [6.45, 7) is 1.36. The molecule has 1 saturated carbocycles. The lowest BCUT2D eigenvalue weighted by atomic mass is 9.71. The molecule has 2 aliphatic rings. The summed E-state index contributed by atoms with van der Waals surface area (Å²) in [5, 5.41) is 2.98. The van der Waals surface area contributed by atoms with Crippen molar-refractivity contribution in [2.24, 2.45) is 11.1 Å². The van der Waals surface area contributed by atoms with Crippen LogP contribution in [0.5, 0.6) is 0 Å². The molecule has 1 saturated heterocycles. The van der Waals surface area contributed by atoms with Crippen molar-refractivity contribution < 1.29 is 9.59 Å². The summed E-state index contributed by atoms with van der Waals surface area (Å²) >= 11 is 0. The molecule has 0 aromatic heterocycles. The average molecular weight is 329 g/mol. The molecule has 1 aliphatic carbocycles. The van der Waals surface area contributed by atoms with Gasteiger partial charge in [-0.1, -0.05) is 19.3 Å². The van der Waals surface area contributed by atoms with Crippen molar-refractivity contribution in [3.05, 3.63) is 24.3 Å². The van der Waals surface area contributed by atoms with Gasteiger partial charge in [0.2, 0.25) is 11.8 Å². The molecule has 5 heteroatoms. The van der Waals surface area contributed by atoms with Gasteiger partial charge in [0.05, 0.1) is 0 Å². The number of carbonyl (C=O) groups is 2. The monoisotopic (exact) mass is 329 g/mol. The Kier molecular flexibility index (Phi) is 5.19. The molecule has 0 spiro atoms. The number of amides is 2. The molecule has 0 bridgehead atoms. The molecule has 3 N–H and O–H groups in total. The normalized spacial score (nSPS) is 20.2. The molecule has 2 fully saturated rings. The first-order valence-corrected chi connectivity index (χ1v) is 9.02. The van der Waals surface area contributed by atoms with Gasteiger partial charge in [-0.3, -0.25) is 9.59 Å². The van der Waals surface area contributed by atoms with E-state index < -0.39 is 0 Å². The second-order valence-corrected chi connectivity index (χ2v) is 7.19. The van der Waals surface area contributed by atoms with Crippen LogP contribution in [0.1, 0.15) is 51.4 Å². The van der Waals surface area contributed by atoms with E-state index in [4.69, 9.17) is 5.73 Å². The van der Waals surface area contributed by atoms with Gasteiger partial charge in [-0.05, 0) is 55.5 Å². The van der Waals surface area contributed by atoms with Gasteiger partial charge in [0, 0.05) is 30.8 Å². The fourth-order valence-electron chi connectivity index (χ4n) is 3.95. The third-order valence-corrected chi connectivity index (χ3v) is 5.42. The lowest BCUT2D eigenvalue weighted by Crippen LogP contribution is -2.36. The third kappa shape index (κ3) is 3.78. The number of hydrogen-bond acceptors (Lipinski definition) is 3. The lowest BCUT2D eigenvalue weighted by Gasteiger charge is -2.35. The SMILES string of the molecule is NCC1(CC(=O)Nc2ccc(N3CCCC3=O)cc2)CCCCC1. The highest BCUT2D eigenvalue weighted by Gasteiger charge is 2.33. The largest absolute Gasteiger partial charge is 0.330 e. The first-order chi connectivity index (χ1) is 11.6. The maximum absolute atomic E-state index is 12.4. The molecular formula is C19H27N3O2. The van der Waals surface area contributed by atoms with Crippen molar-refractivity contribution in [2.45, 2.75) is 51.4 Å². The Morgan fingerprint density at radius 2 is 1.83 bits per heavy atom. The number of rotatable bonds is 5. The molecule has 130 valence electrons. The Bertz CT molecular complexity index is 591. The molecule has 0 radical (unpaired) electrons. The predicted molar refractivity (Wildman–Crippen MR) is 95.8 cm³/mol. The zero-order chi connectivity index (χ0) is 17.0. The summed E-state index contributed by atoms with van der Waals surface area (Å²) in [6.07, 6.45) is 7.72. The van der Waals surface area contributed by atoms with Crippen LogP contribution in [0.15, 0.2) is 24.3 Å². The Morgan fingerprint density at radius 1 is 1.12 bits per heavy atom. The van der Waals surface area contributed by atoms with E-state index in [1.807, 2.05) is 24.3 Å². The number of carbonyl (C=O) groups excluding carboxylic acids is 2. The minimum Gasteiger partial charge on any atom is -0.330 e. The number of hydrogen-bond donors (Lipinski definition) is 2. The van der Waals surface area contributed by atoms with Gasteiger partial charge in [-0.2, -0.15) is 0 Å². The Balaban J connectivity index is 1.59. The van der Waals surface area contributed by atoms with Gasteiger partial charge in [-0.15, -0.1) is 0 Å². The third-order valence-electron chi connectivity index (χ3n) is 5.42. The first kappa shape index (κ1) is 17.0. The van der Waals surface area contributed by atoms with E-state index in [9.17, 15) is 9.59 Å². The van der Waals surface area contributed by atoms with Gasteiger partial charge >= 0.3 is 0 Å². The number of anilines is 2. The van der Waals surface area contributed by atoms with E-state index in [2.05, 4.69) is 5.32 Å². The summed E-state index contributed by atoms with van der Waals surface area (Å²) in [7, 11) is 0. The average Bonchev–Trinajstić information content (AvgIpc) is 3.02. The van der Waals surface area contributed by atoms with Crippen molar-refractivity contribution >= 4 is 23.2 Å². The van der Waals surface area contributed by atoms with Crippen LogP contribution in [0.3, 0.4) is 0 Å². The minimum atomic E-state index is -0.0236. The standard InChI is InChI=1S/C19H27N3O2/c20-14-19(10-2-1-3-11-19)13-17(23)21-15-6-8-16(9-7-15)22-12-4-5-18(22)24/h6-9H,1-5,10-14,20H2,(H,21,23). The number of nitrogens with one attached hydrogen (secondary N) is 1. The molecule has 1 aliphatic heterocycles. The highest BCUT2D eigenvalue weighted by molar-refractivity contribution is 5.96. The van der Waals surface area contributed by atoms with Crippen LogP contribution < -0.4 is 16.0 Å². The maximum Gasteiger partial charge on any atom is 0.227 e. The van der Waals surface area contributed by atoms with Crippen LogP contribution in [0, 0.1) is 5.41 Å². The molecular weight excluding hydrogens is 302 g/mol. The Labute approximate surface area is 143 Å². The van der Waals surface area contributed by atoms with Crippen LogP contribution in [0.4, 0.5) is 11.4 Å². The zero-order valence-electron chi connectivity index (χ0n) is 14.2. The Morgan fingerprint density at radius 3 is 2.42 bits per heavy atom. The van der Waals surface area contributed by atoms with Crippen LogP contribution in [-0.2, 0) is 9.59 Å². The van der Waals surface area contributed by atoms with E-state index in [1.165, 1.54) is 19.3 Å². The summed E-state index contributed by atoms with van der Waals surface area (Å²) in [4.78, 5) is 26.0. The summed E-state index contributed by atoms with van der Waals surface area (Å²) in [5.74, 6) is 0.210. The van der Waals surface area contributed by atoms with E-state index in [0.29, 0.717) is 19.4 Å². The van der Waals surface area contributed by atoms with E-state index in [1.54, 1.807) is 4.90 Å². The van der Waals surface area contributed by atoms with Crippen LogP contribution in [-0.4, -0.2) is 24.9 Å². The topological polar surface area (TPSA) is 75.4 Å². The van der Waals surface area contributed by atoms with E-state index >= 15 is 0 Å². The van der Waals surface area contributed by atoms with E-state index in [-0.39, 0.29) is 17.2 Å². The Hall–Kier alpha value is -1.88. The quantitative estimate of drug-likeness (QED) is 0.872. The van der Waals surface area contributed by atoms with Crippen LogP contribution in [0.2, 0.25) is 0 Å². The van der Waals surface area contributed by atoms with Gasteiger partial charge in [0.15, 0.2) is 0 Å². The molecule has 3 rings (SSSR count). The molecule has 0 unspecified atom stereocenters. The second-order valence-electron chi connectivity index (χ2n) is 7.19. The van der Waals surface area contributed by atoms with E-state index in [0.717, 1.165) is 37.2 Å². The smallest absolute Gasteiger partial charge is 0.227 e. The van der Waals surface area contributed by atoms with Crippen molar-refractivity contribution in [2.75, 3.05) is 23.3 Å². The highest BCUT2D eigenvalue weighted by atomic mass is 16.2. The van der Waals surface area contributed by atoms with Crippen molar-refractivity contribution in [1.82, 2.24) is 0 Å². The van der Waals surface area contributed by atoms with Crippen molar-refractivity contribution in [3.63, 3.8) is 0 Å². The molecule has 2 amide bonds. The fourth-order valence-corrected chi connectivity index (χ4v) is 3.95. The zero-order valence-corrected chi connectivity index (χ0v) is 14.2. The highest BCUT2D eigenvalue weighted by Crippen LogP contribution is 2.38. The summed E-state index contributed by atoms with van der Waals surface area (Å²) in [5.41, 5.74) is 7.62. The fraction of sp³-hybridized carbons (Fsp3) is 0.579. The molecule has 24 heavy (non-hydrogen) atoms. The van der Waals surface area contributed by atoms with Gasteiger partial charge < -0.3 is 16.0 Å². The first-order valence-electron chi connectivity index (χ1n) is 9.02. The van der Waals surface area contributed by atoms with Gasteiger partial charge in [0.25, 0.3) is 0 Å². The van der Waals surface area contributed by atoms with Crippen LogP contribution in [0.25, 0.3) is 0 Å². The van der Waals surface area contributed by atoms with Crippen molar-refractivity contribution in [1.29, 1.82) is 0 Å². The summed E-state index contributed by atoms with van der Waals surface area (Å²) < 4.78 is 0. The summed E-state index contributed by atoms with van der Waals surface area (Å²) in [6, 6.07) is 7.54. The van der Waals surface area contributed by atoms with Crippen molar-refractivity contribution in [3.8, 4) is 0 Å². The lowest BCUT2D eigenvalue weighted by molar-refractivity contribution is -0.119. The molecule has 1 aromatic rings. The number of nitrogens with zero attached hydrogens (tertiary/aromatic N) is 1. The maximum atomic E-state index is 12.4.